The molecule has 1 atom stereocenters. The maximum Gasteiger partial charge on any atom is 0.410 e. The molecule has 7 heteroatoms. The number of halogens is 2. The van der Waals surface area contributed by atoms with Gasteiger partial charge in [-0.15, -0.1) is 0 Å². The molecule has 1 aliphatic heterocycles. The Morgan fingerprint density at radius 1 is 1.45 bits per heavy atom. The molecular weight excluding hydrogens is 353 g/mol. The molecule has 22 heavy (non-hydrogen) atoms. The second-order valence-corrected chi connectivity index (χ2v) is 7.34. The SMILES string of the molecule is C[C@@H]1CN(C(=O)OC(C)(C)C)CCN1c1ncc(Br)cc1F. The molecule has 0 aromatic carbocycles. The number of hydrogen-bond donors (Lipinski definition) is 0. The highest BCUT2D eigenvalue weighted by molar-refractivity contribution is 9.10. The van der Waals surface area contributed by atoms with Gasteiger partial charge in [-0.2, -0.15) is 0 Å². The Bertz CT molecular complexity index is 562. The number of hydrogen-bond acceptors (Lipinski definition) is 4. The molecule has 1 aromatic rings. The van der Waals surface area contributed by atoms with Gasteiger partial charge in [-0.1, -0.05) is 0 Å². The van der Waals surface area contributed by atoms with Crippen molar-refractivity contribution in [1.29, 1.82) is 0 Å². The van der Waals surface area contributed by atoms with Crippen LogP contribution in [0.3, 0.4) is 0 Å². The zero-order valence-corrected chi connectivity index (χ0v) is 14.9. The summed E-state index contributed by atoms with van der Waals surface area (Å²) in [5, 5.41) is 0. The molecule has 1 aliphatic rings. The van der Waals surface area contributed by atoms with E-state index in [2.05, 4.69) is 20.9 Å². The third kappa shape index (κ3) is 4.09. The monoisotopic (exact) mass is 373 g/mol. The van der Waals surface area contributed by atoms with Gasteiger partial charge in [0.05, 0.1) is 0 Å². The van der Waals surface area contributed by atoms with Crippen molar-refractivity contribution in [2.75, 3.05) is 24.5 Å². The van der Waals surface area contributed by atoms with Gasteiger partial charge < -0.3 is 14.5 Å². The first-order chi connectivity index (χ1) is 10.2. The van der Waals surface area contributed by atoms with E-state index in [1.165, 1.54) is 6.07 Å². The summed E-state index contributed by atoms with van der Waals surface area (Å²) in [6.07, 6.45) is 1.24. The van der Waals surface area contributed by atoms with Crippen LogP contribution in [0.1, 0.15) is 27.7 Å². The average molecular weight is 374 g/mol. The number of carbonyl (C=O) groups excluding carboxylic acids is 1. The van der Waals surface area contributed by atoms with E-state index in [4.69, 9.17) is 4.74 Å². The summed E-state index contributed by atoms with van der Waals surface area (Å²) >= 11 is 3.20. The highest BCUT2D eigenvalue weighted by atomic mass is 79.9. The standard InChI is InChI=1S/C15H21BrFN3O2/c1-10-9-19(14(21)22-15(2,3)4)5-6-20(10)13-12(17)7-11(16)8-18-13/h7-8,10H,5-6,9H2,1-4H3/t10-/m1/s1. The summed E-state index contributed by atoms with van der Waals surface area (Å²) in [6.45, 7) is 8.94. The summed E-state index contributed by atoms with van der Waals surface area (Å²) in [6, 6.07) is 1.36. The number of amides is 1. The van der Waals surface area contributed by atoms with E-state index in [0.717, 1.165) is 0 Å². The molecule has 0 saturated carbocycles. The first kappa shape index (κ1) is 17.0. The molecular formula is C15H21BrFN3O2. The van der Waals surface area contributed by atoms with E-state index >= 15 is 0 Å². The quantitative estimate of drug-likeness (QED) is 0.756. The zero-order chi connectivity index (χ0) is 16.5. The van der Waals surface area contributed by atoms with Crippen LogP contribution >= 0.6 is 15.9 Å². The summed E-state index contributed by atoms with van der Waals surface area (Å²) in [7, 11) is 0. The molecule has 0 spiro atoms. The Kier molecular flexibility index (Phi) is 4.94. The van der Waals surface area contributed by atoms with Crippen LogP contribution < -0.4 is 4.90 Å². The Hall–Kier alpha value is -1.37. The van der Waals surface area contributed by atoms with Crippen LogP contribution in [0.4, 0.5) is 15.0 Å². The highest BCUT2D eigenvalue weighted by Crippen LogP contribution is 2.24. The molecule has 1 amide bonds. The normalized spacial score (nSPS) is 19.3. The lowest BCUT2D eigenvalue weighted by Gasteiger charge is -2.40. The Morgan fingerprint density at radius 3 is 2.68 bits per heavy atom. The molecule has 1 saturated heterocycles. The molecule has 5 nitrogen and oxygen atoms in total. The lowest BCUT2D eigenvalue weighted by molar-refractivity contribution is 0.0218. The van der Waals surface area contributed by atoms with Gasteiger partial charge in [0.25, 0.3) is 0 Å². The number of pyridine rings is 1. The van der Waals surface area contributed by atoms with E-state index < -0.39 is 5.60 Å². The molecule has 0 bridgehead atoms. The van der Waals surface area contributed by atoms with Crippen molar-refractivity contribution < 1.29 is 13.9 Å². The molecule has 122 valence electrons. The second-order valence-electron chi connectivity index (χ2n) is 6.43. The van der Waals surface area contributed by atoms with Gasteiger partial charge in [0.1, 0.15) is 5.60 Å². The number of ether oxygens (including phenoxy) is 1. The molecule has 0 N–H and O–H groups in total. The maximum absolute atomic E-state index is 14.0. The van der Waals surface area contributed by atoms with Gasteiger partial charge in [-0.05, 0) is 49.7 Å². The van der Waals surface area contributed by atoms with E-state index in [-0.39, 0.29) is 18.0 Å². The van der Waals surface area contributed by atoms with Crippen molar-refractivity contribution in [3.8, 4) is 0 Å². The van der Waals surface area contributed by atoms with E-state index in [9.17, 15) is 9.18 Å². The topological polar surface area (TPSA) is 45.7 Å². The number of nitrogens with zero attached hydrogens (tertiary/aromatic N) is 3. The van der Waals surface area contributed by atoms with E-state index in [1.807, 2.05) is 32.6 Å². The second kappa shape index (κ2) is 6.40. The van der Waals surface area contributed by atoms with Crippen molar-refractivity contribution in [2.24, 2.45) is 0 Å². The largest absolute Gasteiger partial charge is 0.444 e. The lowest BCUT2D eigenvalue weighted by Crippen LogP contribution is -2.55. The minimum Gasteiger partial charge on any atom is -0.444 e. The van der Waals surface area contributed by atoms with Crippen LogP contribution in [0.15, 0.2) is 16.7 Å². The van der Waals surface area contributed by atoms with Crippen molar-refractivity contribution in [3.63, 3.8) is 0 Å². The number of rotatable bonds is 1. The van der Waals surface area contributed by atoms with Gasteiger partial charge in [-0.25, -0.2) is 14.2 Å². The van der Waals surface area contributed by atoms with Crippen LogP contribution in [-0.4, -0.2) is 47.3 Å². The van der Waals surface area contributed by atoms with Crippen molar-refractivity contribution in [3.05, 3.63) is 22.6 Å². The minimum atomic E-state index is -0.517. The van der Waals surface area contributed by atoms with E-state index in [0.29, 0.717) is 29.9 Å². The lowest BCUT2D eigenvalue weighted by atomic mass is 10.2. The van der Waals surface area contributed by atoms with Gasteiger partial charge in [0.2, 0.25) is 0 Å². The predicted octanol–water partition coefficient (Wildman–Crippen LogP) is 3.43. The fourth-order valence-corrected chi connectivity index (χ4v) is 2.69. The van der Waals surface area contributed by atoms with Gasteiger partial charge in [0.15, 0.2) is 11.6 Å². The van der Waals surface area contributed by atoms with Crippen LogP contribution in [0, 0.1) is 5.82 Å². The molecule has 1 aromatic heterocycles. The predicted molar refractivity (Wildman–Crippen MR) is 86.5 cm³/mol. The first-order valence-electron chi connectivity index (χ1n) is 7.23. The zero-order valence-electron chi connectivity index (χ0n) is 13.3. The molecule has 1 fully saturated rings. The molecule has 0 unspecified atom stereocenters. The van der Waals surface area contributed by atoms with Gasteiger partial charge >= 0.3 is 6.09 Å². The maximum atomic E-state index is 14.0. The van der Waals surface area contributed by atoms with Crippen LogP contribution in [0.5, 0.6) is 0 Å². The fraction of sp³-hybridized carbons (Fsp3) is 0.600. The number of piperazine rings is 1. The van der Waals surface area contributed by atoms with Crippen LogP contribution in [0.2, 0.25) is 0 Å². The highest BCUT2D eigenvalue weighted by Gasteiger charge is 2.31. The van der Waals surface area contributed by atoms with Crippen molar-refractivity contribution >= 4 is 27.8 Å². The number of carbonyl (C=O) groups is 1. The third-order valence-corrected chi connectivity index (χ3v) is 3.77. The van der Waals surface area contributed by atoms with Gasteiger partial charge in [0, 0.05) is 36.3 Å². The molecule has 2 rings (SSSR count). The molecule has 0 aliphatic carbocycles. The smallest absolute Gasteiger partial charge is 0.410 e. The summed E-state index contributed by atoms with van der Waals surface area (Å²) in [4.78, 5) is 19.8. The number of anilines is 1. The number of aromatic nitrogens is 1. The Labute approximate surface area is 138 Å². The molecule has 0 radical (unpaired) electrons. The van der Waals surface area contributed by atoms with E-state index in [1.54, 1.807) is 11.1 Å². The Balaban J connectivity index is 2.05. The van der Waals surface area contributed by atoms with Crippen LogP contribution in [-0.2, 0) is 4.74 Å². The van der Waals surface area contributed by atoms with Gasteiger partial charge in [-0.3, -0.25) is 0 Å². The fourth-order valence-electron chi connectivity index (χ4n) is 2.38. The van der Waals surface area contributed by atoms with Crippen molar-refractivity contribution in [1.82, 2.24) is 9.88 Å². The van der Waals surface area contributed by atoms with Crippen molar-refractivity contribution in [2.45, 2.75) is 39.3 Å². The summed E-state index contributed by atoms with van der Waals surface area (Å²) in [5.41, 5.74) is -0.517. The molecule has 2 heterocycles. The Morgan fingerprint density at radius 2 is 2.14 bits per heavy atom. The average Bonchev–Trinajstić information content (AvgIpc) is 2.37. The third-order valence-electron chi connectivity index (χ3n) is 3.34. The van der Waals surface area contributed by atoms with Crippen LogP contribution in [0.25, 0.3) is 0 Å². The first-order valence-corrected chi connectivity index (χ1v) is 8.02. The summed E-state index contributed by atoms with van der Waals surface area (Å²) < 4.78 is 20.0. The minimum absolute atomic E-state index is 0.0376. The summed E-state index contributed by atoms with van der Waals surface area (Å²) in [5.74, 6) is -0.0496.